The Morgan fingerprint density at radius 2 is 1.36 bits per heavy atom. The summed E-state index contributed by atoms with van der Waals surface area (Å²) < 4.78 is 24.8. The van der Waals surface area contributed by atoms with E-state index in [1.54, 1.807) is 6.92 Å². The molecule has 0 radical (unpaired) electrons. The van der Waals surface area contributed by atoms with E-state index >= 15 is 0 Å². The first-order valence-corrected chi connectivity index (χ1v) is 14.1. The maximum atomic E-state index is 12.0. The number of ether oxygens (including phenoxy) is 2. The molecule has 0 saturated heterocycles. The zero-order valence-corrected chi connectivity index (χ0v) is 29.6. The van der Waals surface area contributed by atoms with E-state index in [1.165, 1.54) is 45.4 Å². The maximum Gasteiger partial charge on any atom is 1.00 e. The number of rotatable bonds is 17. The van der Waals surface area contributed by atoms with Gasteiger partial charge in [0.2, 0.25) is 0 Å². The number of carbonyl (C=O) groups excluding carboxylic acids is 3. The number of phosphoric ester groups is 1. The molecule has 0 N–H and O–H groups in total. The van der Waals surface area contributed by atoms with Crippen molar-refractivity contribution < 1.29 is 109 Å². The predicted molar refractivity (Wildman–Crippen MR) is 150 cm³/mol. The van der Waals surface area contributed by atoms with E-state index in [0.717, 1.165) is 19.3 Å². The summed E-state index contributed by atoms with van der Waals surface area (Å²) in [5.41, 5.74) is 0. The molecule has 0 heterocycles. The molecule has 0 aliphatic heterocycles. The average Bonchev–Trinajstić information content (AvgIpc) is 2.81. The van der Waals surface area contributed by atoms with Gasteiger partial charge < -0.3 is 28.3 Å². The first kappa shape index (κ1) is 45.7. The summed E-state index contributed by atoms with van der Waals surface area (Å²) in [5, 5.41) is -0.139. The molecule has 0 amide bonds. The van der Waals surface area contributed by atoms with Crippen LogP contribution in [0.15, 0.2) is 0 Å². The number of carbonyl (C=O) groups is 3. The van der Waals surface area contributed by atoms with Gasteiger partial charge in [0.1, 0.15) is 6.61 Å². The van der Waals surface area contributed by atoms with Gasteiger partial charge in [-0.1, -0.05) is 70.6 Å². The Morgan fingerprint density at radius 3 is 1.85 bits per heavy atom. The normalized spacial score (nSPS) is 10.0. The Balaban J connectivity index is -0.000000149. The molecule has 0 spiro atoms. The summed E-state index contributed by atoms with van der Waals surface area (Å²) >= 11 is 3.33. The van der Waals surface area contributed by atoms with Crippen molar-refractivity contribution >= 4 is 37.5 Å². The molecule has 0 bridgehead atoms. The maximum absolute atomic E-state index is 12.0. The molecule has 0 aromatic heterocycles. The molecule has 0 saturated carbocycles. The van der Waals surface area contributed by atoms with Crippen molar-refractivity contribution in [3.63, 3.8) is 0 Å². The fraction of sp³-hybridized carbons (Fsp3) is 0.654. The Hall–Kier alpha value is -0.250. The van der Waals surface area contributed by atoms with Crippen molar-refractivity contribution in [2.24, 2.45) is 0 Å². The second kappa shape index (κ2) is 32.3. The molecule has 1 atom stereocenters. The third kappa shape index (κ3) is 42.4. The van der Waals surface area contributed by atoms with Crippen LogP contribution in [0.3, 0.4) is 0 Å². The topological polar surface area (TPSA) is 142 Å². The van der Waals surface area contributed by atoms with Crippen LogP contribution in [-0.2, 0) is 32.9 Å². The zero-order valence-electron chi connectivity index (χ0n) is 23.8. The number of hydrogen-bond donors (Lipinski definition) is 1. The van der Waals surface area contributed by atoms with E-state index in [4.69, 9.17) is 9.47 Å². The third-order valence-corrected chi connectivity index (χ3v) is 4.79. The number of phosphoric acid groups is 1. The fourth-order valence-electron chi connectivity index (χ4n) is 2.70. The first-order valence-electron chi connectivity index (χ1n) is 12.2. The Kier molecular flexibility index (Phi) is 37.8. The predicted octanol–water partition coefficient (Wildman–Crippen LogP) is -1.67. The van der Waals surface area contributed by atoms with E-state index in [2.05, 4.69) is 59.6 Å². The minimum Gasteiger partial charge on any atom is -0.790 e. The molecule has 0 unspecified atom stereocenters. The number of unbranched alkanes of at least 4 members (excludes halogenated alkanes) is 9. The van der Waals surface area contributed by atoms with Crippen molar-refractivity contribution in [1.82, 2.24) is 0 Å². The molecule has 39 heavy (non-hydrogen) atoms. The van der Waals surface area contributed by atoms with Crippen LogP contribution in [0.4, 0.5) is 0 Å². The van der Waals surface area contributed by atoms with Crippen molar-refractivity contribution in [2.45, 2.75) is 97.5 Å². The molecule has 0 aliphatic rings. The van der Waals surface area contributed by atoms with E-state index in [1.807, 2.05) is 0 Å². The smallest absolute Gasteiger partial charge is 0.790 e. The van der Waals surface area contributed by atoms with Gasteiger partial charge in [0.25, 0.3) is 0 Å². The molecule has 13 heteroatoms. The van der Waals surface area contributed by atoms with E-state index in [-0.39, 0.29) is 77.8 Å². The first-order chi connectivity index (χ1) is 17.5. The molecule has 218 valence electrons. The molecule has 0 aliphatic carbocycles. The summed E-state index contributed by atoms with van der Waals surface area (Å²) in [6.07, 6.45) is 9.98. The van der Waals surface area contributed by atoms with E-state index < -0.39 is 39.1 Å². The Morgan fingerprint density at radius 1 is 0.872 bits per heavy atom. The standard InChI is InChI=1S/C24H35O8P.C2H4OS.2Na.5H2/c1-3-5-7-9-10-11-12-13-15-17-19-24(26)32-22(21-31-33(27,28)29)20-30-23(25)18-16-14-8-6-4-2;1-2(3)4;;;;;;;/h22H,3,5,7,9-13,15,17,19-21H2,1-2H3,(H2,27,28,29);1H3,(H,3,4);;;5*1H/q;;2*+1;;;;;/p-2/t22-;;;;;;;;/m1......../s1. The minimum atomic E-state index is -5.28. The third-order valence-electron chi connectivity index (χ3n) is 4.33. The quantitative estimate of drug-likeness (QED) is 0.0388. The van der Waals surface area contributed by atoms with Crippen LogP contribution >= 0.6 is 20.5 Å². The Labute approximate surface area is 290 Å². The van der Waals surface area contributed by atoms with Crippen molar-refractivity contribution in [1.29, 1.82) is 0 Å². The fourth-order valence-corrected chi connectivity index (χ4v) is 3.05. The molecule has 0 aromatic rings. The second-order valence-electron chi connectivity index (χ2n) is 7.78. The summed E-state index contributed by atoms with van der Waals surface area (Å²) in [6, 6.07) is 0. The van der Waals surface area contributed by atoms with Gasteiger partial charge in [0.15, 0.2) is 11.2 Å². The van der Waals surface area contributed by atoms with Crippen LogP contribution in [0.25, 0.3) is 0 Å². The molecule has 0 rings (SSSR count). The molecular formula is C26H47Na2O9PS. The minimum absolute atomic E-state index is 0. The van der Waals surface area contributed by atoms with Crippen molar-refractivity contribution in [3.8, 4) is 35.5 Å². The van der Waals surface area contributed by atoms with Gasteiger partial charge in [-0.25, -0.2) is 4.79 Å². The summed E-state index contributed by atoms with van der Waals surface area (Å²) in [7, 11) is -5.28. The summed E-state index contributed by atoms with van der Waals surface area (Å²) in [4.78, 5) is 54.3. The van der Waals surface area contributed by atoms with Crippen LogP contribution in [0, 0.1) is 35.5 Å². The van der Waals surface area contributed by atoms with Gasteiger partial charge in [-0.3, -0.25) is 9.59 Å². The van der Waals surface area contributed by atoms with Gasteiger partial charge in [-0.05, 0) is 37.0 Å². The van der Waals surface area contributed by atoms with Crippen LogP contribution in [0.2, 0.25) is 0 Å². The number of esters is 2. The second-order valence-corrected chi connectivity index (χ2v) is 9.56. The van der Waals surface area contributed by atoms with Crippen LogP contribution < -0.4 is 68.9 Å². The monoisotopic (exact) mass is 612 g/mol. The van der Waals surface area contributed by atoms with Crippen molar-refractivity contribution in [3.05, 3.63) is 0 Å². The SMILES string of the molecule is CC#CC#CC#CC(=O)OC[C@H](COP(=O)([O-])[O-])OC(=O)CCCCCCCCCCCC.CC(=O)S.[HH].[HH].[HH].[HH].[HH].[Na+].[Na+]. The molecule has 0 fully saturated rings. The summed E-state index contributed by atoms with van der Waals surface area (Å²) in [5.74, 6) is 12.4. The van der Waals surface area contributed by atoms with Gasteiger partial charge in [0, 0.05) is 26.4 Å². The van der Waals surface area contributed by atoms with Gasteiger partial charge in [-0.15, -0.1) is 12.6 Å². The van der Waals surface area contributed by atoms with Crippen LogP contribution in [0.5, 0.6) is 0 Å². The summed E-state index contributed by atoms with van der Waals surface area (Å²) in [6.45, 7) is 3.91. The van der Waals surface area contributed by atoms with Gasteiger partial charge in [0.05, 0.1) is 14.4 Å². The van der Waals surface area contributed by atoms with E-state index in [9.17, 15) is 28.7 Å². The van der Waals surface area contributed by atoms with Gasteiger partial charge >= 0.3 is 71.1 Å². The molecule has 0 aromatic carbocycles. The van der Waals surface area contributed by atoms with Crippen molar-refractivity contribution in [2.75, 3.05) is 13.2 Å². The van der Waals surface area contributed by atoms with Gasteiger partial charge in [-0.2, -0.15) is 0 Å². The Bertz CT molecular complexity index is 924. The van der Waals surface area contributed by atoms with Crippen LogP contribution in [-0.4, -0.2) is 36.4 Å². The largest absolute Gasteiger partial charge is 1.00 e. The van der Waals surface area contributed by atoms with Crippen LogP contribution in [0.1, 0.15) is 98.5 Å². The molecular weight excluding hydrogens is 565 g/mol. The molecule has 9 nitrogen and oxygen atoms in total. The zero-order chi connectivity index (χ0) is 28.4. The number of thiol groups is 1. The number of hydrogen-bond acceptors (Lipinski definition) is 9. The van der Waals surface area contributed by atoms with E-state index in [0.29, 0.717) is 6.42 Å². The average molecular weight is 613 g/mol.